The number of aromatic hydroxyl groups is 1. The predicted molar refractivity (Wildman–Crippen MR) is 64.7 cm³/mol. The molecule has 0 amide bonds. The number of phenolic OH excluding ortho intramolecular Hbond substituents is 1. The zero-order valence-corrected chi connectivity index (χ0v) is 10.1. The van der Waals surface area contributed by atoms with Crippen molar-refractivity contribution in [3.63, 3.8) is 0 Å². The maximum Gasteiger partial charge on any atom is 0.258 e. The van der Waals surface area contributed by atoms with Crippen molar-refractivity contribution >= 4 is 0 Å². The van der Waals surface area contributed by atoms with Gasteiger partial charge < -0.3 is 9.63 Å². The van der Waals surface area contributed by atoms with Gasteiger partial charge in [0.25, 0.3) is 5.89 Å². The third-order valence-corrected chi connectivity index (χ3v) is 2.68. The van der Waals surface area contributed by atoms with Crippen LogP contribution < -0.4 is 0 Å². The topological polar surface area (TPSA) is 59.2 Å². The molecule has 0 aliphatic rings. The van der Waals surface area contributed by atoms with Crippen molar-refractivity contribution in [3.8, 4) is 17.2 Å². The normalized spacial score (nSPS) is 10.7. The molecule has 0 fully saturated rings. The largest absolute Gasteiger partial charge is 0.508 e. The van der Waals surface area contributed by atoms with Gasteiger partial charge in [-0.1, -0.05) is 24.6 Å². The summed E-state index contributed by atoms with van der Waals surface area (Å²) in [6.07, 6.45) is 2.99. The number of unbranched alkanes of at least 4 members (excludes halogenated alkanes) is 1. The lowest BCUT2D eigenvalue weighted by Crippen LogP contribution is -1.87. The Morgan fingerprint density at radius 3 is 2.88 bits per heavy atom. The van der Waals surface area contributed by atoms with E-state index in [0.717, 1.165) is 36.2 Å². The van der Waals surface area contributed by atoms with Crippen LogP contribution in [0, 0.1) is 6.92 Å². The van der Waals surface area contributed by atoms with Crippen molar-refractivity contribution in [2.75, 3.05) is 0 Å². The van der Waals surface area contributed by atoms with Crippen LogP contribution in [0.3, 0.4) is 0 Å². The van der Waals surface area contributed by atoms with E-state index in [1.165, 1.54) is 0 Å². The van der Waals surface area contributed by atoms with Crippen LogP contribution in [0.2, 0.25) is 0 Å². The first kappa shape index (κ1) is 11.6. The molecule has 0 spiro atoms. The van der Waals surface area contributed by atoms with E-state index in [2.05, 4.69) is 17.1 Å². The Bertz CT molecular complexity index is 506. The van der Waals surface area contributed by atoms with Crippen LogP contribution in [0.5, 0.6) is 5.75 Å². The Labute approximate surface area is 100 Å². The second-order valence-corrected chi connectivity index (χ2v) is 4.12. The van der Waals surface area contributed by atoms with Crippen LogP contribution in [-0.2, 0) is 6.42 Å². The van der Waals surface area contributed by atoms with E-state index in [1.807, 2.05) is 19.1 Å². The summed E-state index contributed by atoms with van der Waals surface area (Å²) in [6, 6.07) is 5.35. The summed E-state index contributed by atoms with van der Waals surface area (Å²) in [5.41, 5.74) is 1.59. The fraction of sp³-hybridized carbons (Fsp3) is 0.385. The molecule has 4 nitrogen and oxygen atoms in total. The smallest absolute Gasteiger partial charge is 0.258 e. The first-order chi connectivity index (χ1) is 8.20. The monoisotopic (exact) mass is 232 g/mol. The lowest BCUT2D eigenvalue weighted by molar-refractivity contribution is 0.420. The van der Waals surface area contributed by atoms with Crippen LogP contribution in [0.25, 0.3) is 11.5 Å². The van der Waals surface area contributed by atoms with Crippen LogP contribution >= 0.6 is 0 Å². The van der Waals surface area contributed by atoms with Gasteiger partial charge in [0.05, 0.1) is 0 Å². The number of nitrogens with zero attached hydrogens (tertiary/aromatic N) is 2. The summed E-state index contributed by atoms with van der Waals surface area (Å²) in [7, 11) is 0. The lowest BCUT2D eigenvalue weighted by atomic mass is 10.1. The molecule has 1 N–H and O–H groups in total. The maximum absolute atomic E-state index is 9.62. The van der Waals surface area contributed by atoms with Crippen molar-refractivity contribution in [1.29, 1.82) is 0 Å². The zero-order chi connectivity index (χ0) is 12.3. The van der Waals surface area contributed by atoms with E-state index in [-0.39, 0.29) is 5.75 Å². The Morgan fingerprint density at radius 2 is 2.18 bits per heavy atom. The summed E-state index contributed by atoms with van der Waals surface area (Å²) in [6.45, 7) is 3.97. The summed E-state index contributed by atoms with van der Waals surface area (Å²) >= 11 is 0. The Morgan fingerprint density at radius 1 is 1.35 bits per heavy atom. The number of aromatic nitrogens is 2. The van der Waals surface area contributed by atoms with Crippen molar-refractivity contribution in [3.05, 3.63) is 29.6 Å². The van der Waals surface area contributed by atoms with Gasteiger partial charge in [-0.2, -0.15) is 4.98 Å². The van der Waals surface area contributed by atoms with Crippen LogP contribution in [0.15, 0.2) is 22.7 Å². The van der Waals surface area contributed by atoms with Gasteiger partial charge in [0, 0.05) is 12.0 Å². The number of benzene rings is 1. The minimum atomic E-state index is 0.246. The van der Waals surface area contributed by atoms with E-state index in [0.29, 0.717) is 5.89 Å². The summed E-state index contributed by atoms with van der Waals surface area (Å²) in [5.74, 6) is 1.43. The SMILES string of the molecule is CCCCc1noc(-c2ccc(C)c(O)c2)n1. The molecule has 1 aromatic carbocycles. The van der Waals surface area contributed by atoms with Crippen LogP contribution in [0.1, 0.15) is 31.2 Å². The predicted octanol–water partition coefficient (Wildman–Crippen LogP) is 3.09. The lowest BCUT2D eigenvalue weighted by Gasteiger charge is -1.99. The molecule has 0 aliphatic carbocycles. The van der Waals surface area contributed by atoms with E-state index >= 15 is 0 Å². The molecule has 0 saturated carbocycles. The molecule has 1 heterocycles. The van der Waals surface area contributed by atoms with Gasteiger partial charge in [-0.15, -0.1) is 0 Å². The average molecular weight is 232 g/mol. The molecule has 2 rings (SSSR count). The molecule has 0 saturated heterocycles. The van der Waals surface area contributed by atoms with Crippen molar-refractivity contribution in [1.82, 2.24) is 10.1 Å². The van der Waals surface area contributed by atoms with Crippen molar-refractivity contribution in [2.45, 2.75) is 33.1 Å². The standard InChI is InChI=1S/C13H16N2O2/c1-3-4-5-12-14-13(17-15-12)10-7-6-9(2)11(16)8-10/h6-8,16H,3-5H2,1-2H3. The van der Waals surface area contributed by atoms with Gasteiger partial charge >= 0.3 is 0 Å². The van der Waals surface area contributed by atoms with E-state index in [1.54, 1.807) is 6.07 Å². The van der Waals surface area contributed by atoms with E-state index in [9.17, 15) is 5.11 Å². The molecule has 0 atom stereocenters. The molecule has 0 unspecified atom stereocenters. The van der Waals surface area contributed by atoms with Gasteiger partial charge in [0.1, 0.15) is 5.75 Å². The third kappa shape index (κ3) is 2.64. The molecular weight excluding hydrogens is 216 g/mol. The highest BCUT2D eigenvalue weighted by molar-refractivity contribution is 5.57. The third-order valence-electron chi connectivity index (χ3n) is 2.68. The summed E-state index contributed by atoms with van der Waals surface area (Å²) in [4.78, 5) is 4.30. The minimum Gasteiger partial charge on any atom is -0.508 e. The zero-order valence-electron chi connectivity index (χ0n) is 10.1. The fourth-order valence-corrected chi connectivity index (χ4v) is 1.55. The Kier molecular flexibility index (Phi) is 3.42. The highest BCUT2D eigenvalue weighted by atomic mass is 16.5. The maximum atomic E-state index is 9.62. The molecule has 2 aromatic rings. The molecule has 90 valence electrons. The number of rotatable bonds is 4. The first-order valence-electron chi connectivity index (χ1n) is 5.83. The molecule has 0 radical (unpaired) electrons. The number of phenols is 1. The van der Waals surface area contributed by atoms with Gasteiger partial charge in [0.2, 0.25) is 0 Å². The van der Waals surface area contributed by atoms with Crippen molar-refractivity contribution in [2.24, 2.45) is 0 Å². The van der Waals surface area contributed by atoms with Crippen LogP contribution in [-0.4, -0.2) is 15.2 Å². The average Bonchev–Trinajstić information content (AvgIpc) is 2.79. The molecular formula is C13H16N2O2. The quantitative estimate of drug-likeness (QED) is 0.880. The highest BCUT2D eigenvalue weighted by Gasteiger charge is 2.09. The fourth-order valence-electron chi connectivity index (χ4n) is 1.55. The van der Waals surface area contributed by atoms with Crippen LogP contribution in [0.4, 0.5) is 0 Å². The van der Waals surface area contributed by atoms with E-state index in [4.69, 9.17) is 4.52 Å². The van der Waals surface area contributed by atoms with E-state index < -0.39 is 0 Å². The number of hydrogen-bond donors (Lipinski definition) is 1. The Balaban J connectivity index is 2.21. The van der Waals surface area contributed by atoms with Gasteiger partial charge in [0.15, 0.2) is 5.82 Å². The molecule has 0 bridgehead atoms. The number of hydrogen-bond acceptors (Lipinski definition) is 4. The summed E-state index contributed by atoms with van der Waals surface area (Å²) in [5, 5.41) is 13.5. The molecule has 4 heteroatoms. The Hall–Kier alpha value is -1.84. The molecule has 1 aromatic heterocycles. The van der Waals surface area contributed by atoms with Gasteiger partial charge in [-0.25, -0.2) is 0 Å². The number of aryl methyl sites for hydroxylation is 2. The summed E-state index contributed by atoms with van der Waals surface area (Å²) < 4.78 is 5.17. The second-order valence-electron chi connectivity index (χ2n) is 4.12. The minimum absolute atomic E-state index is 0.246. The van der Waals surface area contributed by atoms with Gasteiger partial charge in [-0.3, -0.25) is 0 Å². The first-order valence-corrected chi connectivity index (χ1v) is 5.83. The second kappa shape index (κ2) is 4.99. The molecule has 0 aliphatic heterocycles. The molecule has 17 heavy (non-hydrogen) atoms. The van der Waals surface area contributed by atoms with Crippen molar-refractivity contribution < 1.29 is 9.63 Å². The van der Waals surface area contributed by atoms with Gasteiger partial charge in [-0.05, 0) is 31.0 Å². The highest BCUT2D eigenvalue weighted by Crippen LogP contribution is 2.24.